The summed E-state index contributed by atoms with van der Waals surface area (Å²) in [6.45, 7) is 3.80. The van der Waals surface area contributed by atoms with Gasteiger partial charge in [0.05, 0.1) is 5.56 Å². The number of aromatic carboxylic acids is 1. The Morgan fingerprint density at radius 3 is 2.14 bits per heavy atom. The number of carboxylic acid groups (broad SMARTS) is 1. The lowest BCUT2D eigenvalue weighted by molar-refractivity contribution is -0.136. The van der Waals surface area contributed by atoms with E-state index in [-0.39, 0.29) is 30.0 Å². The van der Waals surface area contributed by atoms with Crippen molar-refractivity contribution < 1.29 is 24.2 Å². The van der Waals surface area contributed by atoms with Gasteiger partial charge in [0.15, 0.2) is 0 Å². The summed E-state index contributed by atoms with van der Waals surface area (Å²) in [7, 11) is 0. The molecule has 0 spiro atoms. The largest absolute Gasteiger partial charge is 0.478 e. The summed E-state index contributed by atoms with van der Waals surface area (Å²) in [5, 5.41) is 11.9. The number of amides is 2. The molecule has 1 aliphatic rings. The van der Waals surface area contributed by atoms with Gasteiger partial charge in [-0.3, -0.25) is 14.5 Å². The van der Waals surface area contributed by atoms with E-state index in [1.807, 2.05) is 42.5 Å². The smallest absolute Gasteiger partial charge is 0.335 e. The number of carboxylic acids is 1. The van der Waals surface area contributed by atoms with E-state index in [4.69, 9.17) is 9.84 Å². The fraction of sp³-hybridized carbons (Fsp3) is 0.276. The van der Waals surface area contributed by atoms with E-state index >= 15 is 0 Å². The molecule has 8 heteroatoms. The number of para-hydroxylation sites is 1. The molecule has 0 unspecified atom stereocenters. The molecule has 1 saturated heterocycles. The Labute approximate surface area is 216 Å². The molecule has 0 radical (unpaired) electrons. The van der Waals surface area contributed by atoms with Gasteiger partial charge in [-0.15, -0.1) is 0 Å². The standard InChI is InChI=1S/C29H31N3O5/c1-21(33)32(25-15-17-31(18-16-25)19-22-7-9-23(10-8-22)29(35)36)20-28(34)30-24-11-13-27(14-12-24)37-26-5-3-2-4-6-26/h2-14,25H,15-20H2,1H3,(H,30,34)(H,35,36). The minimum Gasteiger partial charge on any atom is -0.478 e. The molecule has 0 atom stereocenters. The second-order valence-electron chi connectivity index (χ2n) is 9.14. The van der Waals surface area contributed by atoms with Crippen molar-refractivity contribution in [2.45, 2.75) is 32.4 Å². The van der Waals surface area contributed by atoms with E-state index < -0.39 is 5.97 Å². The van der Waals surface area contributed by atoms with Crippen molar-refractivity contribution in [3.05, 3.63) is 90.0 Å². The Bertz CT molecular complexity index is 1200. The van der Waals surface area contributed by atoms with Crippen LogP contribution < -0.4 is 10.1 Å². The first kappa shape index (κ1) is 25.9. The van der Waals surface area contributed by atoms with Gasteiger partial charge in [0.2, 0.25) is 11.8 Å². The maximum atomic E-state index is 12.7. The molecule has 3 aromatic carbocycles. The monoisotopic (exact) mass is 501 g/mol. The summed E-state index contributed by atoms with van der Waals surface area (Å²) in [5.41, 5.74) is 1.96. The van der Waals surface area contributed by atoms with Gasteiger partial charge in [0.1, 0.15) is 18.0 Å². The van der Waals surface area contributed by atoms with Crippen LogP contribution in [-0.4, -0.2) is 58.4 Å². The minimum absolute atomic E-state index is 0.00107. The van der Waals surface area contributed by atoms with E-state index in [1.165, 1.54) is 6.92 Å². The molecular formula is C29H31N3O5. The van der Waals surface area contributed by atoms with Crippen LogP contribution in [0.2, 0.25) is 0 Å². The highest BCUT2D eigenvalue weighted by atomic mass is 16.5. The molecule has 1 heterocycles. The summed E-state index contributed by atoms with van der Waals surface area (Å²) >= 11 is 0. The van der Waals surface area contributed by atoms with Crippen LogP contribution in [0.1, 0.15) is 35.7 Å². The van der Waals surface area contributed by atoms with Crippen LogP contribution in [0.3, 0.4) is 0 Å². The summed E-state index contributed by atoms with van der Waals surface area (Å²) in [6.07, 6.45) is 1.54. The zero-order valence-electron chi connectivity index (χ0n) is 20.8. The molecule has 1 fully saturated rings. The first-order valence-corrected chi connectivity index (χ1v) is 12.3. The number of carbonyl (C=O) groups excluding carboxylic acids is 2. The third-order valence-electron chi connectivity index (χ3n) is 6.44. The number of benzene rings is 3. The maximum Gasteiger partial charge on any atom is 0.335 e. The van der Waals surface area contributed by atoms with E-state index in [1.54, 1.807) is 41.3 Å². The molecular weight excluding hydrogens is 470 g/mol. The van der Waals surface area contributed by atoms with Crippen molar-refractivity contribution in [3.8, 4) is 11.5 Å². The lowest BCUT2D eigenvalue weighted by Gasteiger charge is -2.38. The molecule has 0 saturated carbocycles. The molecule has 8 nitrogen and oxygen atoms in total. The topological polar surface area (TPSA) is 99.2 Å². The van der Waals surface area contributed by atoms with Gasteiger partial charge in [0, 0.05) is 38.3 Å². The Hall–Kier alpha value is -4.17. The highest BCUT2D eigenvalue weighted by molar-refractivity contribution is 5.94. The number of likely N-dealkylation sites (tertiary alicyclic amines) is 1. The van der Waals surface area contributed by atoms with Crippen LogP contribution >= 0.6 is 0 Å². The number of rotatable bonds is 9. The van der Waals surface area contributed by atoms with E-state index in [0.29, 0.717) is 11.4 Å². The number of nitrogens with zero attached hydrogens (tertiary/aromatic N) is 2. The van der Waals surface area contributed by atoms with Gasteiger partial charge >= 0.3 is 5.97 Å². The molecule has 3 aromatic rings. The van der Waals surface area contributed by atoms with Crippen molar-refractivity contribution in [3.63, 3.8) is 0 Å². The summed E-state index contributed by atoms with van der Waals surface area (Å²) in [6, 6.07) is 23.5. The number of anilines is 1. The zero-order valence-corrected chi connectivity index (χ0v) is 20.8. The van der Waals surface area contributed by atoms with Crippen molar-refractivity contribution in [1.82, 2.24) is 9.80 Å². The normalized spacial score (nSPS) is 14.1. The molecule has 0 aromatic heterocycles. The number of carbonyl (C=O) groups is 3. The summed E-state index contributed by atoms with van der Waals surface area (Å²) < 4.78 is 5.78. The first-order chi connectivity index (χ1) is 17.9. The highest BCUT2D eigenvalue weighted by Gasteiger charge is 2.27. The lowest BCUT2D eigenvalue weighted by Crippen LogP contribution is -2.49. The molecule has 2 amide bonds. The predicted molar refractivity (Wildman–Crippen MR) is 141 cm³/mol. The fourth-order valence-corrected chi connectivity index (χ4v) is 4.48. The van der Waals surface area contributed by atoms with Crippen LogP contribution in [-0.2, 0) is 16.1 Å². The minimum atomic E-state index is -0.935. The molecule has 192 valence electrons. The van der Waals surface area contributed by atoms with Crippen molar-refractivity contribution >= 4 is 23.5 Å². The fourth-order valence-electron chi connectivity index (χ4n) is 4.48. The van der Waals surface area contributed by atoms with E-state index in [9.17, 15) is 14.4 Å². The van der Waals surface area contributed by atoms with Gasteiger partial charge in [-0.1, -0.05) is 30.3 Å². The summed E-state index contributed by atoms with van der Waals surface area (Å²) in [4.78, 5) is 40.1. The number of nitrogens with one attached hydrogen (secondary N) is 1. The average Bonchev–Trinajstić information content (AvgIpc) is 2.90. The average molecular weight is 502 g/mol. The number of ether oxygens (including phenoxy) is 1. The maximum absolute atomic E-state index is 12.7. The highest BCUT2D eigenvalue weighted by Crippen LogP contribution is 2.23. The van der Waals surface area contributed by atoms with E-state index in [0.717, 1.165) is 43.8 Å². The Morgan fingerprint density at radius 1 is 0.919 bits per heavy atom. The van der Waals surface area contributed by atoms with Gasteiger partial charge in [0.25, 0.3) is 0 Å². The van der Waals surface area contributed by atoms with E-state index in [2.05, 4.69) is 10.2 Å². The molecule has 37 heavy (non-hydrogen) atoms. The third kappa shape index (κ3) is 7.41. The zero-order chi connectivity index (χ0) is 26.2. The second kappa shape index (κ2) is 12.2. The van der Waals surface area contributed by atoms with Crippen LogP contribution in [0.4, 0.5) is 5.69 Å². The number of piperidine rings is 1. The molecule has 4 rings (SSSR count). The number of hydrogen-bond acceptors (Lipinski definition) is 5. The van der Waals surface area contributed by atoms with Crippen molar-refractivity contribution in [2.24, 2.45) is 0 Å². The Kier molecular flexibility index (Phi) is 8.53. The van der Waals surface area contributed by atoms with Crippen LogP contribution in [0.25, 0.3) is 0 Å². The van der Waals surface area contributed by atoms with Crippen LogP contribution in [0, 0.1) is 0 Å². The Balaban J connectivity index is 1.26. The second-order valence-corrected chi connectivity index (χ2v) is 9.14. The molecule has 0 bridgehead atoms. The van der Waals surface area contributed by atoms with Crippen molar-refractivity contribution in [1.29, 1.82) is 0 Å². The van der Waals surface area contributed by atoms with Gasteiger partial charge < -0.3 is 20.1 Å². The van der Waals surface area contributed by atoms with Gasteiger partial charge in [-0.25, -0.2) is 4.79 Å². The van der Waals surface area contributed by atoms with Crippen LogP contribution in [0.15, 0.2) is 78.9 Å². The molecule has 0 aliphatic carbocycles. The SMILES string of the molecule is CC(=O)N(CC(=O)Nc1ccc(Oc2ccccc2)cc1)C1CCN(Cc2ccc(C(=O)O)cc2)CC1. The van der Waals surface area contributed by atoms with Gasteiger partial charge in [-0.2, -0.15) is 0 Å². The van der Waals surface area contributed by atoms with Crippen LogP contribution in [0.5, 0.6) is 11.5 Å². The molecule has 1 aliphatic heterocycles. The molecule has 2 N–H and O–H groups in total. The number of hydrogen-bond donors (Lipinski definition) is 2. The lowest BCUT2D eigenvalue weighted by atomic mass is 10.0. The quantitative estimate of drug-likeness (QED) is 0.444. The first-order valence-electron chi connectivity index (χ1n) is 12.3. The van der Waals surface area contributed by atoms with Gasteiger partial charge in [-0.05, 0) is 66.9 Å². The predicted octanol–water partition coefficient (Wildman–Crippen LogP) is 4.63. The Morgan fingerprint density at radius 2 is 1.54 bits per heavy atom. The van der Waals surface area contributed by atoms with Crippen molar-refractivity contribution in [2.75, 3.05) is 25.0 Å². The summed E-state index contributed by atoms with van der Waals surface area (Å²) in [5.74, 6) is 0.102. The third-order valence-corrected chi connectivity index (χ3v) is 6.44.